The number of rotatable bonds is 4. The lowest BCUT2D eigenvalue weighted by Crippen LogP contribution is -2.47. The number of likely N-dealkylation sites (tertiary alicyclic amines) is 1. The smallest absolute Gasteiger partial charge is 0.240 e. The van der Waals surface area contributed by atoms with Crippen LogP contribution in [-0.2, 0) is 11.2 Å². The van der Waals surface area contributed by atoms with Gasteiger partial charge >= 0.3 is 0 Å². The van der Waals surface area contributed by atoms with Crippen LogP contribution in [0.25, 0.3) is 0 Å². The first-order chi connectivity index (χ1) is 9.11. The standard InChI is InChI=1S/C14H20N2O3/c15-13(8-10-3-5-12(18)6-4-10)14(19)16-7-1-2-11(16)9-17/h3-6,11,13,17-18H,1-2,7-9,15H2/t11?,13-/m0/s1. The van der Waals surface area contributed by atoms with Gasteiger partial charge in [0.1, 0.15) is 5.75 Å². The average Bonchev–Trinajstić information content (AvgIpc) is 2.88. The highest BCUT2D eigenvalue weighted by molar-refractivity contribution is 5.82. The second kappa shape index (κ2) is 6.04. The van der Waals surface area contributed by atoms with Crippen LogP contribution in [0.5, 0.6) is 5.75 Å². The number of benzene rings is 1. The Bertz CT molecular complexity index is 433. The van der Waals surface area contributed by atoms with E-state index in [2.05, 4.69) is 0 Å². The maximum Gasteiger partial charge on any atom is 0.240 e. The van der Waals surface area contributed by atoms with Gasteiger partial charge in [-0.05, 0) is 37.0 Å². The first-order valence-corrected chi connectivity index (χ1v) is 6.56. The van der Waals surface area contributed by atoms with E-state index >= 15 is 0 Å². The number of carbonyl (C=O) groups is 1. The first kappa shape index (κ1) is 13.8. The lowest BCUT2D eigenvalue weighted by Gasteiger charge is -2.26. The number of nitrogens with zero attached hydrogens (tertiary/aromatic N) is 1. The van der Waals surface area contributed by atoms with Crippen LogP contribution in [0.1, 0.15) is 18.4 Å². The fraction of sp³-hybridized carbons (Fsp3) is 0.500. The number of aliphatic hydroxyl groups excluding tert-OH is 1. The molecule has 2 rings (SSSR count). The van der Waals surface area contributed by atoms with E-state index in [-0.39, 0.29) is 24.3 Å². The molecule has 104 valence electrons. The zero-order chi connectivity index (χ0) is 13.8. The van der Waals surface area contributed by atoms with E-state index < -0.39 is 6.04 Å². The van der Waals surface area contributed by atoms with E-state index in [9.17, 15) is 15.0 Å². The quantitative estimate of drug-likeness (QED) is 0.727. The Hall–Kier alpha value is -1.59. The molecule has 1 fully saturated rings. The molecule has 0 spiro atoms. The molecule has 0 saturated carbocycles. The fourth-order valence-corrected chi connectivity index (χ4v) is 2.50. The number of phenols is 1. The molecular formula is C14H20N2O3. The van der Waals surface area contributed by atoms with Crippen molar-refractivity contribution in [3.8, 4) is 5.75 Å². The molecule has 1 aromatic carbocycles. The summed E-state index contributed by atoms with van der Waals surface area (Å²) in [4.78, 5) is 13.9. The van der Waals surface area contributed by atoms with E-state index in [1.54, 1.807) is 29.2 Å². The number of nitrogens with two attached hydrogens (primary N) is 1. The molecule has 1 unspecified atom stereocenters. The largest absolute Gasteiger partial charge is 0.508 e. The molecule has 0 bridgehead atoms. The molecule has 1 heterocycles. The number of hydrogen-bond donors (Lipinski definition) is 3. The lowest BCUT2D eigenvalue weighted by molar-refractivity contribution is -0.134. The van der Waals surface area contributed by atoms with Gasteiger partial charge in [-0.2, -0.15) is 0 Å². The third-order valence-corrected chi connectivity index (χ3v) is 3.58. The van der Waals surface area contributed by atoms with Crippen molar-refractivity contribution in [3.63, 3.8) is 0 Å². The minimum absolute atomic E-state index is 0.00231. The van der Waals surface area contributed by atoms with Crippen LogP contribution < -0.4 is 5.73 Å². The van der Waals surface area contributed by atoms with Crippen molar-refractivity contribution in [1.82, 2.24) is 4.90 Å². The van der Waals surface area contributed by atoms with Crippen molar-refractivity contribution in [1.29, 1.82) is 0 Å². The van der Waals surface area contributed by atoms with Crippen LogP contribution in [-0.4, -0.2) is 46.3 Å². The number of carbonyl (C=O) groups excluding carboxylic acids is 1. The minimum atomic E-state index is -0.600. The SMILES string of the molecule is N[C@@H](Cc1ccc(O)cc1)C(=O)N1CCCC1CO. The third-order valence-electron chi connectivity index (χ3n) is 3.58. The van der Waals surface area contributed by atoms with Gasteiger partial charge < -0.3 is 20.8 Å². The van der Waals surface area contributed by atoms with Crippen molar-refractivity contribution in [2.75, 3.05) is 13.2 Å². The second-order valence-electron chi connectivity index (χ2n) is 4.99. The summed E-state index contributed by atoms with van der Waals surface area (Å²) < 4.78 is 0. The summed E-state index contributed by atoms with van der Waals surface area (Å²) in [7, 11) is 0. The third kappa shape index (κ3) is 3.24. The number of aromatic hydroxyl groups is 1. The van der Waals surface area contributed by atoms with Gasteiger partial charge in [-0.3, -0.25) is 4.79 Å². The summed E-state index contributed by atoms with van der Waals surface area (Å²) in [6, 6.07) is 6.00. The van der Waals surface area contributed by atoms with Crippen LogP contribution in [0.2, 0.25) is 0 Å². The van der Waals surface area contributed by atoms with Gasteiger partial charge in [-0.15, -0.1) is 0 Å². The summed E-state index contributed by atoms with van der Waals surface area (Å²) in [5.74, 6) is 0.0909. The highest BCUT2D eigenvalue weighted by Gasteiger charge is 2.31. The van der Waals surface area contributed by atoms with Crippen molar-refractivity contribution in [3.05, 3.63) is 29.8 Å². The maximum absolute atomic E-state index is 12.2. The summed E-state index contributed by atoms with van der Waals surface area (Å²) in [6.07, 6.45) is 2.20. The van der Waals surface area contributed by atoms with E-state index in [1.165, 1.54) is 0 Å². The van der Waals surface area contributed by atoms with Crippen LogP contribution in [0.4, 0.5) is 0 Å². The molecule has 1 aliphatic rings. The molecule has 19 heavy (non-hydrogen) atoms. The summed E-state index contributed by atoms with van der Waals surface area (Å²) in [6.45, 7) is 0.672. The Morgan fingerprint density at radius 2 is 2.11 bits per heavy atom. The molecule has 5 nitrogen and oxygen atoms in total. The Morgan fingerprint density at radius 1 is 1.42 bits per heavy atom. The Morgan fingerprint density at radius 3 is 2.74 bits per heavy atom. The Kier molecular flexibility index (Phi) is 4.39. The molecule has 0 aromatic heterocycles. The normalized spacial score (nSPS) is 20.5. The van der Waals surface area contributed by atoms with Gasteiger partial charge in [-0.25, -0.2) is 0 Å². The lowest BCUT2D eigenvalue weighted by atomic mass is 10.1. The van der Waals surface area contributed by atoms with E-state index in [4.69, 9.17) is 5.73 Å². The van der Waals surface area contributed by atoms with Crippen molar-refractivity contribution in [2.24, 2.45) is 5.73 Å². The van der Waals surface area contributed by atoms with Gasteiger partial charge in [0, 0.05) is 6.54 Å². The molecule has 0 aliphatic carbocycles. The van der Waals surface area contributed by atoms with E-state index in [0.717, 1.165) is 18.4 Å². The highest BCUT2D eigenvalue weighted by atomic mass is 16.3. The number of amides is 1. The van der Waals surface area contributed by atoms with E-state index in [0.29, 0.717) is 13.0 Å². The Labute approximate surface area is 112 Å². The first-order valence-electron chi connectivity index (χ1n) is 6.56. The van der Waals surface area contributed by atoms with Crippen molar-refractivity contribution in [2.45, 2.75) is 31.3 Å². The van der Waals surface area contributed by atoms with Gasteiger partial charge in [0.05, 0.1) is 18.7 Å². The molecule has 4 N–H and O–H groups in total. The molecule has 1 aliphatic heterocycles. The van der Waals surface area contributed by atoms with Crippen LogP contribution >= 0.6 is 0 Å². The van der Waals surface area contributed by atoms with Crippen LogP contribution in [0.15, 0.2) is 24.3 Å². The van der Waals surface area contributed by atoms with Crippen LogP contribution in [0, 0.1) is 0 Å². The van der Waals surface area contributed by atoms with Gasteiger partial charge in [0.25, 0.3) is 0 Å². The van der Waals surface area contributed by atoms with Gasteiger partial charge in [0.15, 0.2) is 0 Å². The molecule has 5 heteroatoms. The molecule has 1 amide bonds. The van der Waals surface area contributed by atoms with Crippen molar-refractivity contribution >= 4 is 5.91 Å². The highest BCUT2D eigenvalue weighted by Crippen LogP contribution is 2.18. The molecule has 2 atom stereocenters. The fourth-order valence-electron chi connectivity index (χ4n) is 2.50. The predicted octanol–water partition coefficient (Wildman–Crippen LogP) is 0.245. The number of phenolic OH excluding ortho intramolecular Hbond substituents is 1. The summed E-state index contributed by atoms with van der Waals surface area (Å²) in [5, 5.41) is 18.4. The second-order valence-corrected chi connectivity index (χ2v) is 4.99. The zero-order valence-electron chi connectivity index (χ0n) is 10.8. The van der Waals surface area contributed by atoms with Crippen molar-refractivity contribution < 1.29 is 15.0 Å². The summed E-state index contributed by atoms with van der Waals surface area (Å²) >= 11 is 0. The topological polar surface area (TPSA) is 86.8 Å². The molecule has 1 saturated heterocycles. The average molecular weight is 264 g/mol. The van der Waals surface area contributed by atoms with Crippen LogP contribution in [0.3, 0.4) is 0 Å². The predicted molar refractivity (Wildman–Crippen MR) is 71.6 cm³/mol. The molecular weight excluding hydrogens is 244 g/mol. The number of aliphatic hydroxyl groups is 1. The maximum atomic E-state index is 12.2. The monoisotopic (exact) mass is 264 g/mol. The minimum Gasteiger partial charge on any atom is -0.508 e. The van der Waals surface area contributed by atoms with Gasteiger partial charge in [0.2, 0.25) is 5.91 Å². The number of hydrogen-bond acceptors (Lipinski definition) is 4. The van der Waals surface area contributed by atoms with Gasteiger partial charge in [-0.1, -0.05) is 12.1 Å². The summed E-state index contributed by atoms with van der Waals surface area (Å²) in [5.41, 5.74) is 6.86. The molecule has 0 radical (unpaired) electrons. The zero-order valence-corrected chi connectivity index (χ0v) is 10.8. The molecule has 1 aromatic rings. The van der Waals surface area contributed by atoms with E-state index in [1.807, 2.05) is 0 Å². The Balaban J connectivity index is 1.97.